The number of nitrogens with zero attached hydrogens (tertiary/aromatic N) is 1. The zero-order valence-electron chi connectivity index (χ0n) is 14.2. The van der Waals surface area contributed by atoms with Crippen LogP contribution in [0.5, 0.6) is 5.75 Å². The lowest BCUT2D eigenvalue weighted by molar-refractivity contribution is -0.305. The minimum absolute atomic E-state index is 0.0833. The molecule has 2 aromatic rings. The van der Waals surface area contributed by atoms with Crippen molar-refractivity contribution in [3.8, 4) is 5.75 Å². The second-order valence-electron chi connectivity index (χ2n) is 5.34. The van der Waals surface area contributed by atoms with Crippen LogP contribution in [-0.4, -0.2) is 24.2 Å². The first-order valence-corrected chi connectivity index (χ1v) is 8.05. The van der Waals surface area contributed by atoms with E-state index in [4.69, 9.17) is 4.74 Å². The minimum atomic E-state index is -1.21. The summed E-state index contributed by atoms with van der Waals surface area (Å²) in [5, 5.41) is 14.8. The van der Waals surface area contributed by atoms with Crippen molar-refractivity contribution in [3.63, 3.8) is 0 Å². The van der Waals surface area contributed by atoms with Gasteiger partial charge in [-0.2, -0.15) is 5.10 Å². The summed E-state index contributed by atoms with van der Waals surface area (Å²) in [5.74, 6) is -1.52. The van der Waals surface area contributed by atoms with Gasteiger partial charge in [-0.25, -0.2) is 9.82 Å². The maximum atomic E-state index is 12.9. The molecule has 0 saturated heterocycles. The Morgan fingerprint density at radius 3 is 2.23 bits per heavy atom. The highest BCUT2D eigenvalue weighted by Gasteiger charge is 2.08. The highest BCUT2D eigenvalue weighted by atomic mass is 19.1. The summed E-state index contributed by atoms with van der Waals surface area (Å²) in [5.41, 5.74) is 3.63. The number of halogens is 1. The number of rotatable bonds is 8. The van der Waals surface area contributed by atoms with Crippen LogP contribution < -0.4 is 15.3 Å². The lowest BCUT2D eigenvalue weighted by Crippen LogP contribution is -2.24. The fourth-order valence-electron chi connectivity index (χ4n) is 2.18. The van der Waals surface area contributed by atoms with Crippen molar-refractivity contribution in [2.75, 3.05) is 6.61 Å². The highest BCUT2D eigenvalue weighted by Crippen LogP contribution is 2.14. The van der Waals surface area contributed by atoms with Crippen molar-refractivity contribution in [1.29, 1.82) is 0 Å². The molecule has 0 spiro atoms. The molecule has 0 bridgehead atoms. The molecule has 0 aliphatic heterocycles. The molecule has 0 radical (unpaired) electrons. The van der Waals surface area contributed by atoms with E-state index in [1.165, 1.54) is 24.3 Å². The van der Waals surface area contributed by atoms with Crippen LogP contribution in [-0.2, 0) is 4.79 Å². The Labute approximate surface area is 150 Å². The molecule has 2 rings (SSSR count). The number of benzene rings is 2. The Morgan fingerprint density at radius 1 is 1.04 bits per heavy atom. The third-order valence-corrected chi connectivity index (χ3v) is 3.46. The van der Waals surface area contributed by atoms with Crippen LogP contribution in [0.3, 0.4) is 0 Å². The molecule has 0 aromatic heterocycles. The Kier molecular flexibility index (Phi) is 6.84. The lowest BCUT2D eigenvalue weighted by atomic mass is 10.1. The molecule has 136 valence electrons. The van der Waals surface area contributed by atoms with Crippen molar-refractivity contribution >= 4 is 17.6 Å². The van der Waals surface area contributed by atoms with Crippen LogP contribution in [0.2, 0.25) is 0 Å². The topological polar surface area (TPSA) is 90.8 Å². The summed E-state index contributed by atoms with van der Waals surface area (Å²) in [7, 11) is 0. The Balaban J connectivity index is 2.16. The number of hydrazone groups is 1. The predicted molar refractivity (Wildman–Crippen MR) is 92.3 cm³/mol. The standard InChI is InChI=1S/C19H19FN2O4/c1-2-26-16-9-5-13(6-10-16)17(11-12-18(23)24)21-22-19(25)14-3-7-15(20)8-4-14/h3-10H,2,11-12H2,1H3,(H,22,25)(H,23,24)/p-1/b21-17-. The highest BCUT2D eigenvalue weighted by molar-refractivity contribution is 6.03. The Morgan fingerprint density at radius 2 is 1.65 bits per heavy atom. The number of nitrogens with one attached hydrogen (secondary N) is 1. The molecule has 0 heterocycles. The van der Waals surface area contributed by atoms with E-state index in [0.717, 1.165) is 0 Å². The summed E-state index contributed by atoms with van der Waals surface area (Å²) in [6.07, 6.45) is -0.154. The van der Waals surface area contributed by atoms with E-state index in [2.05, 4.69) is 10.5 Å². The number of carboxylic acids is 1. The number of carboxylic acid groups (broad SMARTS) is 1. The van der Waals surface area contributed by atoms with Crippen molar-refractivity contribution < 1.29 is 23.8 Å². The van der Waals surface area contributed by atoms with Crippen LogP contribution >= 0.6 is 0 Å². The van der Waals surface area contributed by atoms with E-state index in [-0.39, 0.29) is 18.4 Å². The summed E-state index contributed by atoms with van der Waals surface area (Å²) in [4.78, 5) is 22.8. The zero-order chi connectivity index (χ0) is 18.9. The normalized spacial score (nSPS) is 11.1. The Bertz CT molecular complexity index is 786. The van der Waals surface area contributed by atoms with Gasteiger partial charge in [0.1, 0.15) is 11.6 Å². The third-order valence-electron chi connectivity index (χ3n) is 3.46. The third kappa shape index (κ3) is 5.70. The molecular formula is C19H18FN2O4-. The van der Waals surface area contributed by atoms with Gasteiger partial charge in [0.15, 0.2) is 0 Å². The molecule has 1 N–H and O–H groups in total. The van der Waals surface area contributed by atoms with Gasteiger partial charge in [-0.05, 0) is 73.9 Å². The van der Waals surface area contributed by atoms with Crippen molar-refractivity contribution in [2.24, 2.45) is 5.10 Å². The summed E-state index contributed by atoms with van der Waals surface area (Å²) < 4.78 is 18.3. The van der Waals surface area contributed by atoms with Crippen LogP contribution in [0.4, 0.5) is 4.39 Å². The van der Waals surface area contributed by atoms with Crippen LogP contribution in [0.25, 0.3) is 0 Å². The average molecular weight is 357 g/mol. The first-order valence-electron chi connectivity index (χ1n) is 8.05. The fourth-order valence-corrected chi connectivity index (χ4v) is 2.18. The summed E-state index contributed by atoms with van der Waals surface area (Å²) in [6, 6.07) is 11.9. The second kappa shape index (κ2) is 9.31. The molecule has 0 aliphatic rings. The summed E-state index contributed by atoms with van der Waals surface area (Å²) in [6.45, 7) is 2.39. The van der Waals surface area contributed by atoms with Crippen molar-refractivity contribution in [2.45, 2.75) is 19.8 Å². The van der Waals surface area contributed by atoms with Gasteiger partial charge in [-0.3, -0.25) is 4.79 Å². The quantitative estimate of drug-likeness (QED) is 0.577. The number of hydrogen-bond donors (Lipinski definition) is 1. The van der Waals surface area contributed by atoms with E-state index in [0.29, 0.717) is 23.6 Å². The number of hydrogen-bond acceptors (Lipinski definition) is 5. The molecule has 0 fully saturated rings. The second-order valence-corrected chi connectivity index (χ2v) is 5.34. The number of amides is 1. The van der Waals surface area contributed by atoms with Crippen molar-refractivity contribution in [1.82, 2.24) is 5.43 Å². The van der Waals surface area contributed by atoms with Gasteiger partial charge in [0.2, 0.25) is 0 Å². The molecule has 7 heteroatoms. The lowest BCUT2D eigenvalue weighted by Gasteiger charge is -2.10. The molecule has 6 nitrogen and oxygen atoms in total. The Hall–Kier alpha value is -3.22. The van der Waals surface area contributed by atoms with E-state index in [1.54, 1.807) is 24.3 Å². The SMILES string of the molecule is CCOc1ccc(/C(CCC(=O)[O-])=N\NC(=O)c2ccc(F)cc2)cc1. The number of carbonyl (C=O) groups is 2. The van der Waals surface area contributed by atoms with Gasteiger partial charge in [-0.15, -0.1) is 0 Å². The number of carbonyl (C=O) groups excluding carboxylic acids is 2. The van der Waals surface area contributed by atoms with Gasteiger partial charge in [0.05, 0.1) is 12.3 Å². The molecular weight excluding hydrogens is 339 g/mol. The molecule has 0 unspecified atom stereocenters. The van der Waals surface area contributed by atoms with Crippen LogP contribution in [0.15, 0.2) is 53.6 Å². The van der Waals surface area contributed by atoms with Crippen LogP contribution in [0, 0.1) is 5.82 Å². The zero-order valence-corrected chi connectivity index (χ0v) is 14.2. The van der Waals surface area contributed by atoms with E-state index in [9.17, 15) is 19.1 Å². The molecule has 0 atom stereocenters. The van der Waals surface area contributed by atoms with Gasteiger partial charge in [-0.1, -0.05) is 0 Å². The number of ether oxygens (including phenoxy) is 1. The van der Waals surface area contributed by atoms with Crippen molar-refractivity contribution in [3.05, 3.63) is 65.5 Å². The van der Waals surface area contributed by atoms with Gasteiger partial charge in [0.25, 0.3) is 5.91 Å². The first-order chi connectivity index (χ1) is 12.5. The minimum Gasteiger partial charge on any atom is -0.550 e. The summed E-state index contributed by atoms with van der Waals surface area (Å²) >= 11 is 0. The maximum Gasteiger partial charge on any atom is 0.271 e. The molecule has 2 aromatic carbocycles. The molecule has 1 amide bonds. The molecule has 0 saturated carbocycles. The van der Waals surface area contributed by atoms with Crippen LogP contribution in [0.1, 0.15) is 35.7 Å². The van der Waals surface area contributed by atoms with E-state index in [1.807, 2.05) is 6.92 Å². The molecule has 0 aliphatic carbocycles. The molecule has 26 heavy (non-hydrogen) atoms. The average Bonchev–Trinajstić information content (AvgIpc) is 2.63. The van der Waals surface area contributed by atoms with E-state index >= 15 is 0 Å². The fraction of sp³-hybridized carbons (Fsp3) is 0.211. The largest absolute Gasteiger partial charge is 0.550 e. The number of aliphatic carboxylic acids is 1. The van der Waals surface area contributed by atoms with Gasteiger partial charge in [0, 0.05) is 11.5 Å². The van der Waals surface area contributed by atoms with E-state index < -0.39 is 17.7 Å². The first kappa shape index (κ1) is 19.1. The predicted octanol–water partition coefficient (Wildman–Crippen LogP) is 1.89. The van der Waals surface area contributed by atoms with Gasteiger partial charge >= 0.3 is 0 Å². The van der Waals surface area contributed by atoms with Gasteiger partial charge < -0.3 is 14.6 Å². The monoisotopic (exact) mass is 357 g/mol. The smallest absolute Gasteiger partial charge is 0.271 e. The maximum absolute atomic E-state index is 12.9.